The molecule has 2 aromatic carbocycles. The van der Waals surface area contributed by atoms with Gasteiger partial charge in [-0.1, -0.05) is 24.3 Å². The first kappa shape index (κ1) is 19.0. The van der Waals surface area contributed by atoms with Crippen molar-refractivity contribution in [3.8, 4) is 11.5 Å². The van der Waals surface area contributed by atoms with Crippen molar-refractivity contribution < 1.29 is 23.0 Å². The molecule has 0 aromatic heterocycles. The van der Waals surface area contributed by atoms with Gasteiger partial charge < -0.3 is 15.2 Å². The molecule has 140 valence electrons. The summed E-state index contributed by atoms with van der Waals surface area (Å²) in [7, 11) is 0. The number of phenolic OH excluding ortho intramolecular Hbond substituents is 1. The molecule has 0 radical (unpaired) electrons. The van der Waals surface area contributed by atoms with Crippen molar-refractivity contribution >= 4 is 15.9 Å². The number of rotatable bonds is 4. The highest BCUT2D eigenvalue weighted by molar-refractivity contribution is 9.10. The maximum Gasteiger partial charge on any atom is 0.573 e. The zero-order chi connectivity index (χ0) is 18.7. The van der Waals surface area contributed by atoms with Crippen molar-refractivity contribution in [2.45, 2.75) is 12.4 Å². The van der Waals surface area contributed by atoms with Gasteiger partial charge in [0.05, 0.1) is 10.5 Å². The Kier molecular flexibility index (Phi) is 5.74. The normalized spacial score (nSPS) is 17.1. The molecule has 1 saturated heterocycles. The van der Waals surface area contributed by atoms with Crippen LogP contribution in [0.4, 0.5) is 13.2 Å². The fraction of sp³-hybridized carbons (Fsp3) is 0.333. The Hall–Kier alpha value is -1.77. The molecule has 1 aliphatic rings. The number of halogens is 4. The van der Waals surface area contributed by atoms with E-state index in [9.17, 15) is 18.3 Å². The van der Waals surface area contributed by atoms with Crippen LogP contribution in [-0.2, 0) is 0 Å². The summed E-state index contributed by atoms with van der Waals surface area (Å²) in [6.07, 6.45) is -4.72. The summed E-state index contributed by atoms with van der Waals surface area (Å²) < 4.78 is 41.7. The number of hydrogen-bond donors (Lipinski definition) is 2. The second-order valence-electron chi connectivity index (χ2n) is 5.98. The topological polar surface area (TPSA) is 44.7 Å². The molecule has 0 spiro atoms. The second-order valence-corrected chi connectivity index (χ2v) is 6.84. The molecule has 2 N–H and O–H groups in total. The largest absolute Gasteiger partial charge is 0.573 e. The first-order valence-corrected chi connectivity index (χ1v) is 8.92. The van der Waals surface area contributed by atoms with E-state index in [2.05, 4.69) is 30.9 Å². The minimum Gasteiger partial charge on any atom is -0.506 e. The van der Waals surface area contributed by atoms with E-state index in [1.807, 2.05) is 12.1 Å². The van der Waals surface area contributed by atoms with Gasteiger partial charge in [0.1, 0.15) is 11.5 Å². The highest BCUT2D eigenvalue weighted by Gasteiger charge is 2.31. The van der Waals surface area contributed by atoms with E-state index >= 15 is 0 Å². The minimum absolute atomic E-state index is 0.131. The summed E-state index contributed by atoms with van der Waals surface area (Å²) in [6, 6.07) is 10.9. The lowest BCUT2D eigenvalue weighted by atomic mass is 9.95. The summed E-state index contributed by atoms with van der Waals surface area (Å²) in [5.41, 5.74) is 1.49. The van der Waals surface area contributed by atoms with Crippen LogP contribution in [0.15, 0.2) is 46.9 Å². The zero-order valence-corrected chi connectivity index (χ0v) is 15.3. The van der Waals surface area contributed by atoms with Gasteiger partial charge in [-0.05, 0) is 39.7 Å². The van der Waals surface area contributed by atoms with E-state index in [4.69, 9.17) is 0 Å². The minimum atomic E-state index is -4.72. The standard InChI is InChI=1S/C18H18BrF3N2O2/c19-15-3-1-2-14(17(15)25)16(24-10-8-23-9-11-24)12-4-6-13(7-5-12)26-18(20,21)22/h1-7,16,23,25H,8-11H2/t16-/m1/s1. The Morgan fingerprint density at radius 1 is 1.08 bits per heavy atom. The third-order valence-corrected chi connectivity index (χ3v) is 4.90. The van der Waals surface area contributed by atoms with Gasteiger partial charge in [-0.2, -0.15) is 0 Å². The molecular formula is C18H18BrF3N2O2. The fourth-order valence-corrected chi connectivity index (χ4v) is 3.51. The summed E-state index contributed by atoms with van der Waals surface area (Å²) in [4.78, 5) is 2.19. The number of nitrogens with one attached hydrogen (secondary N) is 1. The molecule has 2 aromatic rings. The molecule has 0 amide bonds. The Bertz CT molecular complexity index is 747. The number of phenols is 1. The third kappa shape index (κ3) is 4.49. The van der Waals surface area contributed by atoms with Crippen LogP contribution in [-0.4, -0.2) is 42.5 Å². The molecule has 1 atom stereocenters. The molecule has 3 rings (SSSR count). The van der Waals surface area contributed by atoms with Gasteiger partial charge in [0.15, 0.2) is 0 Å². The zero-order valence-electron chi connectivity index (χ0n) is 13.8. The Morgan fingerprint density at radius 3 is 2.35 bits per heavy atom. The molecule has 1 fully saturated rings. The van der Waals surface area contributed by atoms with E-state index < -0.39 is 6.36 Å². The molecule has 4 nitrogen and oxygen atoms in total. The average Bonchev–Trinajstić information content (AvgIpc) is 2.60. The lowest BCUT2D eigenvalue weighted by Crippen LogP contribution is -2.45. The predicted molar refractivity (Wildman–Crippen MR) is 95.2 cm³/mol. The number of piperazine rings is 1. The van der Waals surface area contributed by atoms with Gasteiger partial charge in [-0.3, -0.25) is 4.90 Å². The number of nitrogens with zero attached hydrogens (tertiary/aromatic N) is 1. The maximum atomic E-state index is 12.4. The van der Waals surface area contributed by atoms with Crippen LogP contribution < -0.4 is 10.1 Å². The van der Waals surface area contributed by atoms with E-state index in [1.165, 1.54) is 12.1 Å². The number of hydrogen-bond acceptors (Lipinski definition) is 4. The van der Waals surface area contributed by atoms with Crippen LogP contribution in [0.3, 0.4) is 0 Å². The number of benzene rings is 2. The van der Waals surface area contributed by atoms with Gasteiger partial charge in [0, 0.05) is 31.7 Å². The molecule has 0 bridgehead atoms. The molecule has 26 heavy (non-hydrogen) atoms. The average molecular weight is 431 g/mol. The summed E-state index contributed by atoms with van der Waals surface area (Å²) >= 11 is 3.33. The van der Waals surface area contributed by atoms with Crippen molar-refractivity contribution in [1.82, 2.24) is 10.2 Å². The molecule has 1 aliphatic heterocycles. The van der Waals surface area contributed by atoms with Gasteiger partial charge in [0.2, 0.25) is 0 Å². The first-order chi connectivity index (χ1) is 12.3. The molecule has 0 unspecified atom stereocenters. The van der Waals surface area contributed by atoms with Crippen LogP contribution in [0, 0.1) is 0 Å². The lowest BCUT2D eigenvalue weighted by molar-refractivity contribution is -0.274. The molecule has 0 saturated carbocycles. The number of aromatic hydroxyl groups is 1. The lowest BCUT2D eigenvalue weighted by Gasteiger charge is -2.36. The van der Waals surface area contributed by atoms with Crippen LogP contribution >= 0.6 is 15.9 Å². The highest BCUT2D eigenvalue weighted by Crippen LogP contribution is 2.38. The smallest absolute Gasteiger partial charge is 0.506 e. The number of ether oxygens (including phenoxy) is 1. The second kappa shape index (κ2) is 7.85. The molecular weight excluding hydrogens is 413 g/mol. The van der Waals surface area contributed by atoms with Crippen molar-refractivity contribution in [1.29, 1.82) is 0 Å². The van der Waals surface area contributed by atoms with E-state index in [0.717, 1.165) is 31.7 Å². The first-order valence-electron chi connectivity index (χ1n) is 8.13. The van der Waals surface area contributed by atoms with Crippen molar-refractivity contribution in [3.05, 3.63) is 58.1 Å². The fourth-order valence-electron chi connectivity index (χ4n) is 3.13. The summed E-state index contributed by atoms with van der Waals surface area (Å²) in [6.45, 7) is 3.13. The summed E-state index contributed by atoms with van der Waals surface area (Å²) in [5.74, 6) is -0.134. The van der Waals surface area contributed by atoms with Crippen LogP contribution in [0.2, 0.25) is 0 Å². The van der Waals surface area contributed by atoms with Crippen LogP contribution in [0.25, 0.3) is 0 Å². The van der Waals surface area contributed by atoms with Gasteiger partial charge >= 0.3 is 6.36 Å². The Labute approximate surface area is 157 Å². The quantitative estimate of drug-likeness (QED) is 0.767. The SMILES string of the molecule is Oc1c(Br)cccc1[C@@H](c1ccc(OC(F)(F)F)cc1)N1CCNCC1. The van der Waals surface area contributed by atoms with E-state index in [1.54, 1.807) is 18.2 Å². The van der Waals surface area contributed by atoms with Gasteiger partial charge in [-0.15, -0.1) is 13.2 Å². The van der Waals surface area contributed by atoms with Crippen molar-refractivity contribution in [3.63, 3.8) is 0 Å². The summed E-state index contributed by atoms with van der Waals surface area (Å²) in [5, 5.41) is 13.8. The molecule has 1 heterocycles. The number of alkyl halides is 3. The Morgan fingerprint density at radius 2 is 1.73 bits per heavy atom. The van der Waals surface area contributed by atoms with E-state index in [0.29, 0.717) is 10.0 Å². The number of para-hydroxylation sites is 1. The van der Waals surface area contributed by atoms with E-state index in [-0.39, 0.29) is 17.5 Å². The van der Waals surface area contributed by atoms with Gasteiger partial charge in [-0.25, -0.2) is 0 Å². The molecule has 0 aliphatic carbocycles. The Balaban J connectivity index is 1.96. The monoisotopic (exact) mass is 430 g/mol. The van der Waals surface area contributed by atoms with Crippen molar-refractivity contribution in [2.24, 2.45) is 0 Å². The third-order valence-electron chi connectivity index (χ3n) is 4.26. The van der Waals surface area contributed by atoms with Crippen LogP contribution in [0.1, 0.15) is 17.2 Å². The maximum absolute atomic E-state index is 12.4. The van der Waals surface area contributed by atoms with Crippen LogP contribution in [0.5, 0.6) is 11.5 Å². The van der Waals surface area contributed by atoms with Crippen molar-refractivity contribution in [2.75, 3.05) is 26.2 Å². The van der Waals surface area contributed by atoms with Gasteiger partial charge in [0.25, 0.3) is 0 Å². The highest BCUT2D eigenvalue weighted by atomic mass is 79.9. The predicted octanol–water partition coefficient (Wildman–Crippen LogP) is 4.05. The molecule has 8 heteroatoms.